The first-order valence-corrected chi connectivity index (χ1v) is 8.34. The standard InChI is InChI=1S/C19H30FN/c1-14-13-17(20)8-5-15(14)11-12-21-18-9-6-16(7-10-18)19(2,3)4/h5,8,13,16,18,21H,6-7,9-12H2,1-4H3. The maximum atomic E-state index is 13.1. The van der Waals surface area contributed by atoms with Gasteiger partial charge in [0, 0.05) is 6.04 Å². The molecule has 0 atom stereocenters. The van der Waals surface area contributed by atoms with Gasteiger partial charge in [0.2, 0.25) is 0 Å². The van der Waals surface area contributed by atoms with E-state index in [4.69, 9.17) is 0 Å². The molecule has 0 saturated heterocycles. The summed E-state index contributed by atoms with van der Waals surface area (Å²) in [6, 6.07) is 5.79. The highest BCUT2D eigenvalue weighted by molar-refractivity contribution is 5.26. The Morgan fingerprint density at radius 1 is 1.14 bits per heavy atom. The lowest BCUT2D eigenvalue weighted by atomic mass is 9.71. The first kappa shape index (κ1) is 16.5. The van der Waals surface area contributed by atoms with E-state index in [2.05, 4.69) is 26.1 Å². The fourth-order valence-electron chi connectivity index (χ4n) is 3.51. The third-order valence-corrected chi connectivity index (χ3v) is 5.08. The zero-order valence-corrected chi connectivity index (χ0v) is 14.0. The van der Waals surface area contributed by atoms with E-state index in [9.17, 15) is 4.39 Å². The van der Waals surface area contributed by atoms with Crippen molar-refractivity contribution in [2.24, 2.45) is 11.3 Å². The molecule has 0 aliphatic heterocycles. The number of hydrogen-bond donors (Lipinski definition) is 1. The lowest BCUT2D eigenvalue weighted by molar-refractivity contribution is 0.160. The molecule has 0 aromatic heterocycles. The number of nitrogens with one attached hydrogen (secondary N) is 1. The van der Waals surface area contributed by atoms with Crippen LogP contribution in [0.3, 0.4) is 0 Å². The second-order valence-corrected chi connectivity index (χ2v) is 7.69. The zero-order valence-electron chi connectivity index (χ0n) is 14.0. The Kier molecular flexibility index (Phi) is 5.43. The Labute approximate surface area is 129 Å². The van der Waals surface area contributed by atoms with Gasteiger partial charge in [0.05, 0.1) is 0 Å². The van der Waals surface area contributed by atoms with Crippen molar-refractivity contribution < 1.29 is 4.39 Å². The van der Waals surface area contributed by atoms with Gasteiger partial charge in [-0.2, -0.15) is 0 Å². The first-order valence-electron chi connectivity index (χ1n) is 8.34. The molecule has 1 aliphatic rings. The van der Waals surface area contributed by atoms with Crippen molar-refractivity contribution in [3.8, 4) is 0 Å². The molecule has 1 nitrogen and oxygen atoms in total. The summed E-state index contributed by atoms with van der Waals surface area (Å²) in [6.07, 6.45) is 6.27. The normalized spacial score (nSPS) is 23.3. The maximum absolute atomic E-state index is 13.1. The lowest BCUT2D eigenvalue weighted by Crippen LogP contribution is -2.37. The summed E-state index contributed by atoms with van der Waals surface area (Å²) in [4.78, 5) is 0. The van der Waals surface area contributed by atoms with Gasteiger partial charge in [0.25, 0.3) is 0 Å². The van der Waals surface area contributed by atoms with Gasteiger partial charge in [-0.25, -0.2) is 4.39 Å². The molecule has 0 spiro atoms. The summed E-state index contributed by atoms with van der Waals surface area (Å²) in [5.41, 5.74) is 2.77. The van der Waals surface area contributed by atoms with Gasteiger partial charge >= 0.3 is 0 Å². The zero-order chi connectivity index (χ0) is 15.5. The molecule has 21 heavy (non-hydrogen) atoms. The molecule has 0 unspecified atom stereocenters. The van der Waals surface area contributed by atoms with E-state index in [0.717, 1.165) is 24.4 Å². The van der Waals surface area contributed by atoms with Crippen molar-refractivity contribution >= 4 is 0 Å². The van der Waals surface area contributed by atoms with E-state index in [0.29, 0.717) is 11.5 Å². The van der Waals surface area contributed by atoms with Gasteiger partial charge in [-0.1, -0.05) is 26.8 Å². The Morgan fingerprint density at radius 2 is 1.81 bits per heavy atom. The van der Waals surface area contributed by atoms with Crippen molar-refractivity contribution in [1.82, 2.24) is 5.32 Å². The number of aryl methyl sites for hydroxylation is 1. The van der Waals surface area contributed by atoms with Crippen LogP contribution in [0, 0.1) is 24.1 Å². The molecule has 1 N–H and O–H groups in total. The highest BCUT2D eigenvalue weighted by Gasteiger charge is 2.29. The second-order valence-electron chi connectivity index (χ2n) is 7.69. The Morgan fingerprint density at radius 3 is 2.38 bits per heavy atom. The lowest BCUT2D eigenvalue weighted by Gasteiger charge is -2.37. The van der Waals surface area contributed by atoms with Crippen LogP contribution in [0.2, 0.25) is 0 Å². The number of rotatable bonds is 4. The molecule has 2 heteroatoms. The Bertz CT molecular complexity index is 453. The molecule has 118 valence electrons. The van der Waals surface area contributed by atoms with Crippen LogP contribution in [0.15, 0.2) is 18.2 Å². The van der Waals surface area contributed by atoms with Crippen LogP contribution in [-0.2, 0) is 6.42 Å². The summed E-state index contributed by atoms with van der Waals surface area (Å²) >= 11 is 0. The molecule has 2 rings (SSSR count). The highest BCUT2D eigenvalue weighted by Crippen LogP contribution is 2.37. The molecule has 1 aromatic carbocycles. The summed E-state index contributed by atoms with van der Waals surface area (Å²) in [5.74, 6) is 0.736. The van der Waals surface area contributed by atoms with Crippen molar-refractivity contribution in [2.45, 2.75) is 65.8 Å². The third kappa shape index (κ3) is 4.81. The molecule has 1 saturated carbocycles. The second kappa shape index (κ2) is 6.91. The van der Waals surface area contributed by atoms with Gasteiger partial charge < -0.3 is 5.32 Å². The van der Waals surface area contributed by atoms with E-state index in [1.165, 1.54) is 31.2 Å². The average molecular weight is 291 g/mol. The van der Waals surface area contributed by atoms with Gasteiger partial charge in [0.1, 0.15) is 5.82 Å². The van der Waals surface area contributed by atoms with Crippen LogP contribution in [0.4, 0.5) is 4.39 Å². The smallest absolute Gasteiger partial charge is 0.123 e. The largest absolute Gasteiger partial charge is 0.314 e. The van der Waals surface area contributed by atoms with Gasteiger partial charge in [0.15, 0.2) is 0 Å². The fourth-order valence-corrected chi connectivity index (χ4v) is 3.51. The van der Waals surface area contributed by atoms with Crippen molar-refractivity contribution in [1.29, 1.82) is 0 Å². The van der Waals surface area contributed by atoms with Crippen LogP contribution in [0.25, 0.3) is 0 Å². The Hall–Kier alpha value is -0.890. The van der Waals surface area contributed by atoms with Crippen molar-refractivity contribution in [3.63, 3.8) is 0 Å². The fraction of sp³-hybridized carbons (Fsp3) is 0.684. The van der Waals surface area contributed by atoms with Crippen LogP contribution in [-0.4, -0.2) is 12.6 Å². The molecule has 1 aliphatic carbocycles. The van der Waals surface area contributed by atoms with E-state index in [-0.39, 0.29) is 5.82 Å². The average Bonchev–Trinajstić information content (AvgIpc) is 2.41. The van der Waals surface area contributed by atoms with Crippen molar-refractivity contribution in [2.75, 3.05) is 6.54 Å². The minimum Gasteiger partial charge on any atom is -0.314 e. The molecule has 0 bridgehead atoms. The maximum Gasteiger partial charge on any atom is 0.123 e. The minimum absolute atomic E-state index is 0.135. The van der Waals surface area contributed by atoms with Gasteiger partial charge in [-0.15, -0.1) is 0 Å². The van der Waals surface area contributed by atoms with E-state index < -0.39 is 0 Å². The predicted molar refractivity (Wildman–Crippen MR) is 88.0 cm³/mol. The molecular weight excluding hydrogens is 261 g/mol. The number of halogens is 1. The van der Waals surface area contributed by atoms with Gasteiger partial charge in [-0.05, 0) is 80.2 Å². The quantitative estimate of drug-likeness (QED) is 0.834. The number of benzene rings is 1. The molecule has 0 radical (unpaired) electrons. The summed E-state index contributed by atoms with van der Waals surface area (Å²) < 4.78 is 13.1. The SMILES string of the molecule is Cc1cc(F)ccc1CCNC1CCC(C(C)(C)C)CC1. The molecule has 0 amide bonds. The first-order chi connectivity index (χ1) is 9.86. The van der Waals surface area contributed by atoms with Crippen LogP contribution < -0.4 is 5.32 Å². The minimum atomic E-state index is -0.135. The Balaban J connectivity index is 1.73. The molecular formula is C19H30FN. The van der Waals surface area contributed by atoms with Crippen molar-refractivity contribution in [3.05, 3.63) is 35.1 Å². The number of hydrogen-bond acceptors (Lipinski definition) is 1. The summed E-state index contributed by atoms with van der Waals surface area (Å²) in [5, 5.41) is 3.69. The topological polar surface area (TPSA) is 12.0 Å². The third-order valence-electron chi connectivity index (χ3n) is 5.08. The predicted octanol–water partition coefficient (Wildman–Crippen LogP) is 4.87. The van der Waals surface area contributed by atoms with Crippen LogP contribution >= 0.6 is 0 Å². The van der Waals surface area contributed by atoms with E-state index in [1.807, 2.05) is 13.0 Å². The highest BCUT2D eigenvalue weighted by atomic mass is 19.1. The molecule has 1 aromatic rings. The molecule has 1 fully saturated rings. The molecule has 0 heterocycles. The van der Waals surface area contributed by atoms with E-state index >= 15 is 0 Å². The monoisotopic (exact) mass is 291 g/mol. The van der Waals surface area contributed by atoms with Crippen LogP contribution in [0.1, 0.15) is 57.6 Å². The summed E-state index contributed by atoms with van der Waals surface area (Å²) in [6.45, 7) is 10.1. The summed E-state index contributed by atoms with van der Waals surface area (Å²) in [7, 11) is 0. The van der Waals surface area contributed by atoms with Gasteiger partial charge in [-0.3, -0.25) is 0 Å². The van der Waals surface area contributed by atoms with Crippen LogP contribution in [0.5, 0.6) is 0 Å². The van der Waals surface area contributed by atoms with E-state index in [1.54, 1.807) is 12.1 Å².